The van der Waals surface area contributed by atoms with Crippen molar-refractivity contribution >= 4 is 45.0 Å². The van der Waals surface area contributed by atoms with Crippen LogP contribution in [0.15, 0.2) is 89.7 Å². The van der Waals surface area contributed by atoms with E-state index in [-0.39, 0.29) is 23.8 Å². The van der Waals surface area contributed by atoms with Crippen LogP contribution in [0.4, 0.5) is 5.69 Å². The molecule has 5 rings (SSSR count). The largest absolute Gasteiger partial charge is 0.332 e. The first-order chi connectivity index (χ1) is 19.9. The van der Waals surface area contributed by atoms with Gasteiger partial charge in [-0.15, -0.1) is 0 Å². The van der Waals surface area contributed by atoms with Gasteiger partial charge in [0.05, 0.1) is 40.3 Å². The monoisotopic (exact) mass is 568 g/mol. The Morgan fingerprint density at radius 3 is 2.49 bits per heavy atom. The number of pyridine rings is 1. The molecular weight excluding hydrogens is 536 g/mol. The number of aromatic nitrogens is 3. The molecule has 3 aromatic carbocycles. The summed E-state index contributed by atoms with van der Waals surface area (Å²) in [6, 6.07) is 25.6. The lowest BCUT2D eigenvalue weighted by Crippen LogP contribution is -2.44. The Balaban J connectivity index is 1.62. The Morgan fingerprint density at radius 1 is 0.976 bits per heavy atom. The molecule has 8 nitrogen and oxygen atoms in total. The summed E-state index contributed by atoms with van der Waals surface area (Å²) in [5.41, 5.74) is 11.6. The van der Waals surface area contributed by atoms with Gasteiger partial charge in [0.15, 0.2) is 5.82 Å². The van der Waals surface area contributed by atoms with Crippen molar-refractivity contribution in [3.8, 4) is 0 Å². The van der Waals surface area contributed by atoms with Crippen molar-refractivity contribution in [2.45, 2.75) is 32.7 Å². The minimum Gasteiger partial charge on any atom is -0.332 e. The highest BCUT2D eigenvalue weighted by Crippen LogP contribution is 2.30. The predicted octanol–water partition coefficient (Wildman–Crippen LogP) is 5.59. The summed E-state index contributed by atoms with van der Waals surface area (Å²) in [4.78, 5) is 39.4. The standard InChI is InChI=1S/C32H33ClN6O2/c1-21(2)30(38(18-8-17-34)29(40)20-25-15-13-22-9-6-7-12-27(22)35-25)31-36-28-19-23(33)14-16-26(28)32(41)39(31)37-24-10-4-3-5-11-24/h3-7,9-16,19,21,30,37H,8,17-18,20,34H2,1-2H3. The number of fused-ring (bicyclic) bond motifs is 2. The van der Waals surface area contributed by atoms with Crippen molar-refractivity contribution < 1.29 is 4.79 Å². The maximum Gasteiger partial charge on any atom is 0.280 e. The van der Waals surface area contributed by atoms with Crippen molar-refractivity contribution in [3.63, 3.8) is 0 Å². The summed E-state index contributed by atoms with van der Waals surface area (Å²) in [6.07, 6.45) is 0.699. The molecule has 0 radical (unpaired) electrons. The Morgan fingerprint density at radius 2 is 1.73 bits per heavy atom. The fourth-order valence-corrected chi connectivity index (χ4v) is 5.23. The predicted molar refractivity (Wildman–Crippen MR) is 165 cm³/mol. The summed E-state index contributed by atoms with van der Waals surface area (Å²) in [5, 5.41) is 1.91. The molecule has 0 bridgehead atoms. The Bertz CT molecular complexity index is 1740. The Labute approximate surface area is 243 Å². The highest BCUT2D eigenvalue weighted by atomic mass is 35.5. The van der Waals surface area contributed by atoms with Gasteiger partial charge in [-0.3, -0.25) is 20.0 Å². The first-order valence-corrected chi connectivity index (χ1v) is 14.1. The van der Waals surface area contributed by atoms with Crippen molar-refractivity contribution in [2.75, 3.05) is 18.5 Å². The fraction of sp³-hybridized carbons (Fsp3) is 0.250. The summed E-state index contributed by atoms with van der Waals surface area (Å²) in [7, 11) is 0. The van der Waals surface area contributed by atoms with Crippen LogP contribution in [0.2, 0.25) is 5.02 Å². The van der Waals surface area contributed by atoms with Gasteiger partial charge in [0.1, 0.15) is 0 Å². The molecule has 0 saturated heterocycles. The number of carbonyl (C=O) groups is 1. The number of benzene rings is 3. The molecule has 0 aliphatic rings. The van der Waals surface area contributed by atoms with Crippen LogP contribution in [0, 0.1) is 5.92 Å². The first-order valence-electron chi connectivity index (χ1n) is 13.7. The third-order valence-corrected chi connectivity index (χ3v) is 7.25. The van der Waals surface area contributed by atoms with Gasteiger partial charge in [-0.1, -0.05) is 67.9 Å². The zero-order valence-electron chi connectivity index (χ0n) is 23.1. The SMILES string of the molecule is CC(C)C(c1nc2cc(Cl)ccc2c(=O)n1Nc1ccccc1)N(CCCN)C(=O)Cc1ccc2ccccc2n1. The Hall–Kier alpha value is -4.27. The second-order valence-electron chi connectivity index (χ2n) is 10.3. The molecule has 5 aromatic rings. The van der Waals surface area contributed by atoms with E-state index in [4.69, 9.17) is 27.3 Å². The average Bonchev–Trinajstić information content (AvgIpc) is 2.97. The number of hydrogen-bond donors (Lipinski definition) is 2. The maximum atomic E-state index is 14.0. The van der Waals surface area contributed by atoms with E-state index in [1.54, 1.807) is 23.1 Å². The molecule has 3 N–H and O–H groups in total. The van der Waals surface area contributed by atoms with Crippen LogP contribution >= 0.6 is 11.6 Å². The van der Waals surface area contributed by atoms with E-state index in [9.17, 15) is 9.59 Å². The number of nitrogens with one attached hydrogen (secondary N) is 1. The second kappa shape index (κ2) is 12.5. The second-order valence-corrected chi connectivity index (χ2v) is 10.8. The minimum absolute atomic E-state index is 0.0892. The number of rotatable bonds is 10. The van der Waals surface area contributed by atoms with Crippen LogP contribution in [-0.4, -0.2) is 38.5 Å². The Kier molecular flexibility index (Phi) is 8.61. The number of amides is 1. The lowest BCUT2D eigenvalue weighted by atomic mass is 9.99. The van der Waals surface area contributed by atoms with Gasteiger partial charge in [0, 0.05) is 17.0 Å². The fourth-order valence-electron chi connectivity index (χ4n) is 5.07. The quantitative estimate of drug-likeness (QED) is 0.227. The molecule has 41 heavy (non-hydrogen) atoms. The van der Waals surface area contributed by atoms with E-state index >= 15 is 0 Å². The molecule has 1 atom stereocenters. The zero-order valence-corrected chi connectivity index (χ0v) is 23.9. The van der Waals surface area contributed by atoms with E-state index in [2.05, 4.69) is 5.43 Å². The molecule has 0 saturated carbocycles. The average molecular weight is 569 g/mol. The lowest BCUT2D eigenvalue weighted by Gasteiger charge is -2.35. The normalized spacial score (nSPS) is 12.1. The number of anilines is 1. The highest BCUT2D eigenvalue weighted by Gasteiger charge is 2.32. The molecule has 210 valence electrons. The van der Waals surface area contributed by atoms with E-state index in [0.29, 0.717) is 52.6 Å². The highest BCUT2D eigenvalue weighted by molar-refractivity contribution is 6.31. The molecule has 9 heteroatoms. The van der Waals surface area contributed by atoms with Gasteiger partial charge in [-0.05, 0) is 61.3 Å². The molecule has 0 spiro atoms. The lowest BCUT2D eigenvalue weighted by molar-refractivity contribution is -0.134. The molecule has 1 unspecified atom stereocenters. The first kappa shape index (κ1) is 28.3. The van der Waals surface area contributed by atoms with E-state index < -0.39 is 6.04 Å². The third kappa shape index (κ3) is 6.24. The smallest absolute Gasteiger partial charge is 0.280 e. The van der Waals surface area contributed by atoms with Crippen molar-refractivity contribution in [1.29, 1.82) is 0 Å². The van der Waals surface area contributed by atoms with Gasteiger partial charge in [-0.2, -0.15) is 0 Å². The molecule has 2 heterocycles. The number of nitrogens with zero attached hydrogens (tertiary/aromatic N) is 4. The summed E-state index contributed by atoms with van der Waals surface area (Å²) < 4.78 is 1.45. The van der Waals surface area contributed by atoms with E-state index in [1.807, 2.05) is 80.6 Å². The van der Waals surface area contributed by atoms with Gasteiger partial charge in [-0.25, -0.2) is 9.66 Å². The molecule has 0 aliphatic carbocycles. The van der Waals surface area contributed by atoms with Gasteiger partial charge in [0.2, 0.25) is 5.91 Å². The summed E-state index contributed by atoms with van der Waals surface area (Å²) in [5.74, 6) is 0.209. The number of halogens is 1. The van der Waals surface area contributed by atoms with Crippen molar-refractivity contribution in [1.82, 2.24) is 19.5 Å². The number of carbonyl (C=O) groups excluding carboxylic acids is 1. The number of nitrogens with two attached hydrogens (primary N) is 1. The van der Waals surface area contributed by atoms with Gasteiger partial charge >= 0.3 is 0 Å². The van der Waals surface area contributed by atoms with Crippen LogP contribution < -0.4 is 16.7 Å². The molecule has 0 aliphatic heterocycles. The summed E-state index contributed by atoms with van der Waals surface area (Å²) in [6.45, 7) is 4.85. The third-order valence-electron chi connectivity index (χ3n) is 7.02. The summed E-state index contributed by atoms with van der Waals surface area (Å²) >= 11 is 6.30. The molecule has 0 fully saturated rings. The maximum absolute atomic E-state index is 14.0. The van der Waals surface area contributed by atoms with Gasteiger partial charge in [0.25, 0.3) is 5.56 Å². The zero-order chi connectivity index (χ0) is 28.9. The van der Waals surface area contributed by atoms with Crippen LogP contribution in [0.1, 0.15) is 37.8 Å². The van der Waals surface area contributed by atoms with Crippen LogP contribution in [-0.2, 0) is 11.2 Å². The van der Waals surface area contributed by atoms with Crippen LogP contribution in [0.25, 0.3) is 21.8 Å². The molecule has 2 aromatic heterocycles. The van der Waals surface area contributed by atoms with Crippen LogP contribution in [0.3, 0.4) is 0 Å². The minimum atomic E-state index is -0.540. The van der Waals surface area contributed by atoms with E-state index in [1.165, 1.54) is 4.68 Å². The van der Waals surface area contributed by atoms with Crippen LogP contribution in [0.5, 0.6) is 0 Å². The number of para-hydroxylation sites is 2. The van der Waals surface area contributed by atoms with Gasteiger partial charge < -0.3 is 10.6 Å². The molecule has 1 amide bonds. The van der Waals surface area contributed by atoms with Crippen molar-refractivity contribution in [2.24, 2.45) is 11.7 Å². The van der Waals surface area contributed by atoms with E-state index in [0.717, 1.165) is 10.9 Å². The van der Waals surface area contributed by atoms with Crippen molar-refractivity contribution in [3.05, 3.63) is 112 Å². The molecular formula is C32H33ClN6O2. The topological polar surface area (TPSA) is 106 Å². The number of hydrogen-bond acceptors (Lipinski definition) is 6.